The minimum Gasteiger partial charge on any atom is -0.143 e. The van der Waals surface area contributed by atoms with E-state index in [4.69, 9.17) is 0 Å². The van der Waals surface area contributed by atoms with Gasteiger partial charge in [-0.1, -0.05) is 121 Å². The van der Waals surface area contributed by atoms with Crippen LogP contribution in [0.3, 0.4) is 0 Å². The van der Waals surface area contributed by atoms with Crippen LogP contribution in [0.15, 0.2) is 264 Å². The molecule has 0 aliphatic heterocycles. The summed E-state index contributed by atoms with van der Waals surface area (Å²) in [5.41, 5.74) is 9.05. The second-order valence-corrected chi connectivity index (χ2v) is 32.7. The highest BCUT2D eigenvalue weighted by Gasteiger charge is 2.39. The molecule has 0 N–H and O–H groups in total. The minimum absolute atomic E-state index is 0.689. The van der Waals surface area contributed by atoms with Crippen molar-refractivity contribution in [1.82, 2.24) is 0 Å². The number of hydrogen-bond acceptors (Lipinski definition) is 12. The summed E-state index contributed by atoms with van der Waals surface area (Å²) < 4.78 is 0. The predicted octanol–water partition coefficient (Wildman–Crippen LogP) is 26.8. The van der Waals surface area contributed by atoms with E-state index in [0.717, 1.165) is 0 Å². The molecule has 0 saturated heterocycles. The molecule has 0 radical (unpaired) electrons. The highest BCUT2D eigenvalue weighted by atomic mass is 32.1. The number of rotatable bonds is 16. The van der Waals surface area contributed by atoms with E-state index in [1.165, 1.54) is 142 Å². The molecule has 0 unspecified atom stereocenters. The summed E-state index contributed by atoms with van der Waals surface area (Å²) >= 11 is 22.2. The second-order valence-electron chi connectivity index (χ2n) is 20.3. The molecule has 0 aliphatic carbocycles. The zero-order valence-corrected chi connectivity index (χ0v) is 54.6. The molecule has 12 aromatic heterocycles. The lowest BCUT2D eigenvalue weighted by molar-refractivity contribution is 0.745. The van der Waals surface area contributed by atoms with Gasteiger partial charge in [0.25, 0.3) is 0 Å². The summed E-state index contributed by atoms with van der Waals surface area (Å²) in [7, 11) is 0. The van der Waals surface area contributed by atoms with Crippen molar-refractivity contribution >= 4 is 136 Å². The zero-order chi connectivity index (χ0) is 56.3. The van der Waals surface area contributed by atoms with Crippen LogP contribution in [-0.4, -0.2) is 0 Å². The first kappa shape index (κ1) is 53.7. The second kappa shape index (κ2) is 23.2. The van der Waals surface area contributed by atoms with E-state index in [1.54, 1.807) is 45.3 Å². The normalized spacial score (nSPS) is 11.8. The third-order valence-corrected chi connectivity index (χ3v) is 29.2. The Hall–Kier alpha value is -6.72. The van der Waals surface area contributed by atoms with Crippen molar-refractivity contribution in [2.75, 3.05) is 0 Å². The molecule has 0 fully saturated rings. The molecule has 16 rings (SSSR count). The largest absolute Gasteiger partial charge is 0.143 e. The summed E-state index contributed by atoms with van der Waals surface area (Å²) in [5, 5.41) is 8.64. The number of thiophene rings is 12. The van der Waals surface area contributed by atoms with Gasteiger partial charge >= 0.3 is 0 Å². The Labute approximate surface area is 541 Å². The van der Waals surface area contributed by atoms with Crippen molar-refractivity contribution in [3.8, 4) is 120 Å². The molecule has 0 bridgehead atoms. The molecule has 16 aromatic rings. The van der Waals surface area contributed by atoms with Gasteiger partial charge in [0.1, 0.15) is 0 Å². The fourth-order valence-corrected chi connectivity index (χ4v) is 22.9. The summed E-state index contributed by atoms with van der Waals surface area (Å²) in [4.78, 5) is 26.0. The van der Waals surface area contributed by atoms with Crippen molar-refractivity contribution in [3.63, 3.8) is 0 Å². The van der Waals surface area contributed by atoms with Gasteiger partial charge in [-0.05, 0) is 187 Å². The molecule has 408 valence electrons. The van der Waals surface area contributed by atoms with E-state index in [2.05, 4.69) is 264 Å². The highest BCUT2D eigenvalue weighted by Crippen LogP contribution is 2.51. The summed E-state index contributed by atoms with van der Waals surface area (Å²) in [5.74, 6) is 0. The van der Waals surface area contributed by atoms with Crippen molar-refractivity contribution in [1.29, 1.82) is 0 Å². The van der Waals surface area contributed by atoms with E-state index in [0.29, 0.717) is 0 Å². The number of benzene rings is 4. The van der Waals surface area contributed by atoms with Crippen LogP contribution in [0.2, 0.25) is 0 Å². The van der Waals surface area contributed by atoms with Crippen molar-refractivity contribution in [3.05, 3.63) is 286 Å². The van der Waals surface area contributed by atoms with Gasteiger partial charge in [-0.25, -0.2) is 0 Å². The third-order valence-electron chi connectivity index (χ3n) is 15.3. The predicted molar refractivity (Wildman–Crippen MR) is 385 cm³/mol. The molecule has 0 saturated carbocycles. The van der Waals surface area contributed by atoms with Crippen molar-refractivity contribution in [2.24, 2.45) is 0 Å². The van der Waals surface area contributed by atoms with Gasteiger partial charge in [0.05, 0.1) is 5.41 Å². The first-order valence-corrected chi connectivity index (χ1v) is 37.5. The summed E-state index contributed by atoms with van der Waals surface area (Å²) in [6.45, 7) is 0. The lowest BCUT2D eigenvalue weighted by atomic mass is 9.64. The van der Waals surface area contributed by atoms with Gasteiger partial charge in [-0.15, -0.1) is 136 Å². The lowest BCUT2D eigenvalue weighted by Gasteiger charge is -2.37. The van der Waals surface area contributed by atoms with E-state index in [-0.39, 0.29) is 0 Å². The zero-order valence-electron chi connectivity index (χ0n) is 44.8. The maximum Gasteiger partial charge on any atom is 0.0701 e. The molecule has 0 aliphatic rings. The third kappa shape index (κ3) is 10.4. The van der Waals surface area contributed by atoms with Crippen LogP contribution in [0.5, 0.6) is 0 Å². The maximum atomic E-state index is 2.40. The summed E-state index contributed by atoms with van der Waals surface area (Å²) in [6.07, 6.45) is 0. The van der Waals surface area contributed by atoms with Crippen LogP contribution in [0.1, 0.15) is 22.3 Å². The van der Waals surface area contributed by atoms with E-state index in [1.807, 2.05) is 90.7 Å². The standard InChI is InChI=1S/C73H44S12/c1-5-57(74-41-1)61-33-37-69(82-61)65-29-25-53(78-65)45-9-17-49(18-10-45)73(50-19-11-46(12-20-50)54-26-30-66(79-54)70-38-34-62(83-70)58-6-2-42-75-58,51-21-13-47(14-22-51)55-27-31-67(80-55)71-39-35-63(84-71)59-7-3-43-76-59)52-23-15-48(16-24-52)56-28-32-68(81-56)72-40-36-64(85-72)60-8-4-44-77-60/h1-44H. The van der Waals surface area contributed by atoms with E-state index >= 15 is 0 Å². The Bertz CT molecular complexity index is 4220. The van der Waals surface area contributed by atoms with Gasteiger partial charge in [-0.2, -0.15) is 0 Å². The average Bonchev–Trinajstić information content (AvgIpc) is 2.67. The van der Waals surface area contributed by atoms with Crippen LogP contribution in [-0.2, 0) is 5.41 Å². The lowest BCUT2D eigenvalue weighted by Crippen LogP contribution is -2.31. The average molecular weight is 1310 g/mol. The number of hydrogen-bond donors (Lipinski definition) is 0. The Balaban J connectivity index is 0.798. The van der Waals surface area contributed by atoms with Gasteiger partial charge < -0.3 is 0 Å². The van der Waals surface area contributed by atoms with Gasteiger partial charge in [0, 0.05) is 97.5 Å². The van der Waals surface area contributed by atoms with Gasteiger partial charge in [-0.3, -0.25) is 0 Å². The molecule has 0 nitrogen and oxygen atoms in total. The Morgan fingerprint density at radius 1 is 0.153 bits per heavy atom. The molecule has 0 spiro atoms. The minimum atomic E-state index is -0.689. The smallest absolute Gasteiger partial charge is 0.0701 e. The van der Waals surface area contributed by atoms with Gasteiger partial charge in [0.2, 0.25) is 0 Å². The van der Waals surface area contributed by atoms with E-state index < -0.39 is 5.41 Å². The van der Waals surface area contributed by atoms with Crippen LogP contribution in [0, 0.1) is 0 Å². The fourth-order valence-electron chi connectivity index (χ4n) is 11.1. The molecule has 12 heterocycles. The van der Waals surface area contributed by atoms with Crippen LogP contribution >= 0.6 is 136 Å². The van der Waals surface area contributed by atoms with Gasteiger partial charge in [0.15, 0.2) is 0 Å². The first-order chi connectivity index (χ1) is 42.0. The molecule has 85 heavy (non-hydrogen) atoms. The molecule has 0 amide bonds. The highest BCUT2D eigenvalue weighted by molar-refractivity contribution is 7.29. The molecular formula is C73H44S12. The topological polar surface area (TPSA) is 0 Å². The molecule has 4 aromatic carbocycles. The Morgan fingerprint density at radius 2 is 0.318 bits per heavy atom. The quantitative estimate of drug-likeness (QED) is 0.0846. The fraction of sp³-hybridized carbons (Fsp3) is 0.0137. The van der Waals surface area contributed by atoms with Crippen molar-refractivity contribution in [2.45, 2.75) is 5.41 Å². The monoisotopic (exact) mass is 1300 g/mol. The Kier molecular flexibility index (Phi) is 14.7. The first-order valence-electron chi connectivity index (χ1n) is 27.4. The SMILES string of the molecule is c1csc(-c2ccc(-c3ccc(-c4ccc(C(c5ccc(-c6ccc(-c7ccc(-c8cccs8)s7)s6)cc5)(c5ccc(-c6ccc(-c7ccc(-c8cccs8)s7)s6)cc5)c5ccc(-c6ccc(-c7ccc(-c8cccs8)s7)s6)cc5)cc4)s3)s2)c1. The van der Waals surface area contributed by atoms with Crippen LogP contribution in [0.25, 0.3) is 120 Å². The molecule has 0 atom stereocenters. The molecular weight excluding hydrogens is 1260 g/mol. The molecule has 12 heteroatoms. The maximum absolute atomic E-state index is 2.40. The van der Waals surface area contributed by atoms with Crippen LogP contribution < -0.4 is 0 Å². The van der Waals surface area contributed by atoms with E-state index in [9.17, 15) is 0 Å². The Morgan fingerprint density at radius 3 is 0.494 bits per heavy atom. The van der Waals surface area contributed by atoms with Crippen LogP contribution in [0.4, 0.5) is 0 Å². The summed E-state index contributed by atoms with van der Waals surface area (Å²) in [6, 6.07) is 92.0. The van der Waals surface area contributed by atoms with Crippen molar-refractivity contribution < 1.29 is 0 Å².